The van der Waals surface area contributed by atoms with Crippen LogP contribution in [0.3, 0.4) is 0 Å². The molecule has 1 heterocycles. The van der Waals surface area contributed by atoms with Crippen molar-refractivity contribution in [3.05, 3.63) is 0 Å². The molecule has 1 saturated heterocycles. The zero-order valence-corrected chi connectivity index (χ0v) is 8.41. The van der Waals surface area contributed by atoms with Gasteiger partial charge < -0.3 is 10.1 Å². The van der Waals surface area contributed by atoms with E-state index in [1.165, 1.54) is 6.41 Å². The summed E-state index contributed by atoms with van der Waals surface area (Å²) in [5, 5.41) is 2.59. The molecule has 0 aromatic carbocycles. The van der Waals surface area contributed by atoms with Gasteiger partial charge >= 0.3 is 12.4 Å². The number of hydrazine groups is 1. The number of carbonyl (C=O) groups is 1. The van der Waals surface area contributed by atoms with Crippen molar-refractivity contribution in [2.75, 3.05) is 39.4 Å². The maximum absolute atomic E-state index is 10.9. The Labute approximate surface area is 88.1 Å². The molecular weight excluding hydrogens is 200 g/mol. The predicted octanol–water partition coefficient (Wildman–Crippen LogP) is -1.81. The van der Waals surface area contributed by atoms with Crippen LogP contribution in [0.1, 0.15) is 0 Å². The average Bonchev–Trinajstić information content (AvgIpc) is 2.28. The quantitative estimate of drug-likeness (QED) is 0.373. The van der Waals surface area contributed by atoms with Crippen LogP contribution in [0.2, 0.25) is 0 Å². The van der Waals surface area contributed by atoms with E-state index in [9.17, 15) is 9.59 Å². The summed E-state index contributed by atoms with van der Waals surface area (Å²) in [5.74, 6) is 0. The van der Waals surface area contributed by atoms with Crippen molar-refractivity contribution in [2.45, 2.75) is 0 Å². The highest BCUT2D eigenvalue weighted by Gasteiger charge is 2.09. The highest BCUT2D eigenvalue weighted by atomic mass is 16.5. The van der Waals surface area contributed by atoms with E-state index in [1.807, 2.05) is 5.43 Å². The lowest BCUT2D eigenvalue weighted by Crippen LogP contribution is -2.47. The van der Waals surface area contributed by atoms with Crippen LogP contribution < -0.4 is 16.2 Å². The third-order valence-electron chi connectivity index (χ3n) is 2.04. The summed E-state index contributed by atoms with van der Waals surface area (Å²) in [5.41, 5.74) is 4.04. The molecule has 0 unspecified atom stereocenters. The molecule has 0 atom stereocenters. The minimum atomic E-state index is -0.438. The van der Waals surface area contributed by atoms with Gasteiger partial charge in [0.15, 0.2) is 0 Å². The number of nitrogens with zero attached hydrogens (tertiary/aromatic N) is 1. The van der Waals surface area contributed by atoms with Crippen molar-refractivity contribution in [3.8, 4) is 0 Å². The van der Waals surface area contributed by atoms with E-state index in [1.54, 1.807) is 0 Å². The molecule has 0 aromatic rings. The number of amides is 3. The van der Waals surface area contributed by atoms with Crippen molar-refractivity contribution < 1.29 is 14.3 Å². The number of urea groups is 1. The second kappa shape index (κ2) is 7.02. The van der Waals surface area contributed by atoms with Gasteiger partial charge in [0.05, 0.1) is 13.2 Å². The normalized spacial score (nSPS) is 16.8. The molecule has 1 fully saturated rings. The number of ether oxygens (including phenoxy) is 1. The van der Waals surface area contributed by atoms with Gasteiger partial charge in [-0.25, -0.2) is 10.2 Å². The third kappa shape index (κ3) is 5.18. The summed E-state index contributed by atoms with van der Waals surface area (Å²) in [7, 11) is 0. The van der Waals surface area contributed by atoms with E-state index in [4.69, 9.17) is 4.74 Å². The first kappa shape index (κ1) is 11.7. The fourth-order valence-electron chi connectivity index (χ4n) is 1.28. The predicted molar refractivity (Wildman–Crippen MR) is 52.6 cm³/mol. The van der Waals surface area contributed by atoms with E-state index in [0.29, 0.717) is 6.54 Å². The van der Waals surface area contributed by atoms with Gasteiger partial charge in [0, 0.05) is 26.2 Å². The van der Waals surface area contributed by atoms with Crippen molar-refractivity contribution in [3.63, 3.8) is 0 Å². The Balaban J connectivity index is 1.99. The summed E-state index contributed by atoms with van der Waals surface area (Å²) in [6.07, 6.45) is 1.34. The first-order valence-corrected chi connectivity index (χ1v) is 4.79. The SMILES string of the molecule is O=[C]NNC(=O)NCCN1CCOCC1. The van der Waals surface area contributed by atoms with Crippen LogP contribution >= 0.6 is 0 Å². The summed E-state index contributed by atoms with van der Waals surface area (Å²) >= 11 is 0. The minimum absolute atomic E-state index is 0.438. The highest BCUT2D eigenvalue weighted by molar-refractivity contribution is 5.74. The highest BCUT2D eigenvalue weighted by Crippen LogP contribution is 1.94. The molecular formula is C8H15N4O3. The van der Waals surface area contributed by atoms with Gasteiger partial charge in [-0.15, -0.1) is 0 Å². The minimum Gasteiger partial charge on any atom is -0.379 e. The number of rotatable bonds is 5. The van der Waals surface area contributed by atoms with E-state index in [-0.39, 0.29) is 0 Å². The van der Waals surface area contributed by atoms with E-state index < -0.39 is 6.03 Å². The van der Waals surface area contributed by atoms with Gasteiger partial charge in [0.1, 0.15) is 0 Å². The molecule has 7 heteroatoms. The van der Waals surface area contributed by atoms with Gasteiger partial charge in [0.25, 0.3) is 0 Å². The Kier molecular flexibility index (Phi) is 5.49. The van der Waals surface area contributed by atoms with E-state index in [2.05, 4.69) is 15.6 Å². The molecule has 1 rings (SSSR count). The van der Waals surface area contributed by atoms with Crippen LogP contribution in [-0.2, 0) is 9.53 Å². The van der Waals surface area contributed by atoms with Crippen LogP contribution in [0.25, 0.3) is 0 Å². The monoisotopic (exact) mass is 215 g/mol. The molecule has 7 nitrogen and oxygen atoms in total. The number of hydrogen-bond donors (Lipinski definition) is 3. The molecule has 0 bridgehead atoms. The van der Waals surface area contributed by atoms with Gasteiger partial charge in [-0.2, -0.15) is 0 Å². The molecule has 0 saturated carbocycles. The van der Waals surface area contributed by atoms with Gasteiger partial charge in [-0.3, -0.25) is 15.1 Å². The zero-order valence-electron chi connectivity index (χ0n) is 8.41. The lowest BCUT2D eigenvalue weighted by Gasteiger charge is -2.26. The Morgan fingerprint density at radius 3 is 2.80 bits per heavy atom. The van der Waals surface area contributed by atoms with Crippen molar-refractivity contribution in [2.24, 2.45) is 0 Å². The molecule has 0 aliphatic carbocycles. The van der Waals surface area contributed by atoms with Gasteiger partial charge in [-0.1, -0.05) is 0 Å². The smallest absolute Gasteiger partial charge is 0.333 e. The lowest BCUT2D eigenvalue weighted by molar-refractivity contribution is 0.0387. The fraction of sp³-hybridized carbons (Fsp3) is 0.750. The lowest BCUT2D eigenvalue weighted by atomic mass is 10.4. The molecule has 85 valence electrons. The first-order valence-electron chi connectivity index (χ1n) is 4.79. The largest absolute Gasteiger partial charge is 0.379 e. The summed E-state index contributed by atoms with van der Waals surface area (Å²) in [4.78, 5) is 22.9. The maximum atomic E-state index is 10.9. The Morgan fingerprint density at radius 1 is 1.40 bits per heavy atom. The first-order chi connectivity index (χ1) is 7.33. The Bertz CT molecular complexity index is 206. The van der Waals surface area contributed by atoms with Crippen molar-refractivity contribution in [1.29, 1.82) is 0 Å². The molecule has 1 aliphatic rings. The average molecular weight is 215 g/mol. The molecule has 15 heavy (non-hydrogen) atoms. The van der Waals surface area contributed by atoms with Crippen LogP contribution in [0.5, 0.6) is 0 Å². The van der Waals surface area contributed by atoms with Crippen LogP contribution in [0.15, 0.2) is 0 Å². The Morgan fingerprint density at radius 2 is 2.13 bits per heavy atom. The number of hydrogen-bond acceptors (Lipinski definition) is 4. The van der Waals surface area contributed by atoms with Crippen molar-refractivity contribution >= 4 is 12.4 Å². The second-order valence-electron chi connectivity index (χ2n) is 3.06. The number of carbonyl (C=O) groups excluding carboxylic acids is 2. The zero-order chi connectivity index (χ0) is 10.9. The van der Waals surface area contributed by atoms with E-state index >= 15 is 0 Å². The Hall–Kier alpha value is -1.34. The molecule has 3 amide bonds. The molecule has 3 N–H and O–H groups in total. The topological polar surface area (TPSA) is 82.7 Å². The summed E-state index contributed by atoms with van der Waals surface area (Å²) in [6.45, 7) is 4.59. The van der Waals surface area contributed by atoms with Crippen LogP contribution in [-0.4, -0.2) is 56.7 Å². The summed E-state index contributed by atoms with van der Waals surface area (Å²) < 4.78 is 5.19. The molecule has 1 radical (unpaired) electrons. The molecule has 1 aliphatic heterocycles. The van der Waals surface area contributed by atoms with E-state index in [0.717, 1.165) is 32.8 Å². The number of nitrogens with one attached hydrogen (secondary N) is 3. The fourth-order valence-corrected chi connectivity index (χ4v) is 1.28. The molecule has 0 aromatic heterocycles. The molecule has 0 spiro atoms. The van der Waals surface area contributed by atoms with Crippen molar-refractivity contribution in [1.82, 2.24) is 21.1 Å². The van der Waals surface area contributed by atoms with Crippen LogP contribution in [0.4, 0.5) is 4.79 Å². The van der Waals surface area contributed by atoms with Gasteiger partial charge in [-0.05, 0) is 0 Å². The van der Waals surface area contributed by atoms with Gasteiger partial charge in [0.2, 0.25) is 0 Å². The second-order valence-corrected chi connectivity index (χ2v) is 3.06. The number of morpholine rings is 1. The maximum Gasteiger partial charge on any atom is 0.333 e. The van der Waals surface area contributed by atoms with Crippen LogP contribution in [0, 0.1) is 0 Å². The standard InChI is InChI=1S/C8H15N4O3/c13-7-10-11-8(14)9-1-2-12-3-5-15-6-4-12/h1-6H2,(H,10,13)(H2,9,11,14). The summed E-state index contributed by atoms with van der Waals surface area (Å²) in [6, 6.07) is -0.438. The third-order valence-corrected chi connectivity index (χ3v) is 2.04.